The minimum Gasteiger partial charge on any atom is -0.494 e. The van der Waals surface area contributed by atoms with Gasteiger partial charge >= 0.3 is 5.97 Å². The van der Waals surface area contributed by atoms with Crippen molar-refractivity contribution in [3.63, 3.8) is 0 Å². The third-order valence-corrected chi connectivity index (χ3v) is 3.77. The van der Waals surface area contributed by atoms with Crippen molar-refractivity contribution in [2.45, 2.75) is 18.9 Å². The predicted molar refractivity (Wildman–Crippen MR) is 77.1 cm³/mol. The number of methoxy groups -OCH3 is 1. The van der Waals surface area contributed by atoms with Gasteiger partial charge in [-0.05, 0) is 24.1 Å². The van der Waals surface area contributed by atoms with E-state index in [2.05, 4.69) is 10.2 Å². The van der Waals surface area contributed by atoms with Crippen molar-refractivity contribution >= 4 is 5.97 Å². The van der Waals surface area contributed by atoms with Crippen LogP contribution in [0.2, 0.25) is 0 Å². The summed E-state index contributed by atoms with van der Waals surface area (Å²) in [4.78, 5) is 13.2. The van der Waals surface area contributed by atoms with E-state index in [9.17, 15) is 9.18 Å². The number of aliphatic carboxylic acids is 1. The van der Waals surface area contributed by atoms with E-state index >= 15 is 0 Å². The molecule has 1 heterocycles. The van der Waals surface area contributed by atoms with E-state index in [1.165, 1.54) is 13.2 Å². The zero-order chi connectivity index (χ0) is 15.2. The molecule has 5 nitrogen and oxygen atoms in total. The van der Waals surface area contributed by atoms with E-state index in [1.807, 2.05) is 0 Å². The molecule has 1 atom stereocenters. The highest BCUT2D eigenvalue weighted by molar-refractivity contribution is 5.67. The zero-order valence-corrected chi connectivity index (χ0v) is 12.1. The molecule has 0 spiro atoms. The average molecular weight is 296 g/mol. The van der Waals surface area contributed by atoms with Gasteiger partial charge in [0, 0.05) is 32.2 Å². The summed E-state index contributed by atoms with van der Waals surface area (Å²) >= 11 is 0. The average Bonchev–Trinajstić information content (AvgIpc) is 2.47. The van der Waals surface area contributed by atoms with Gasteiger partial charge in [-0.1, -0.05) is 6.07 Å². The first kappa shape index (κ1) is 15.7. The number of carboxylic acids is 1. The Morgan fingerprint density at radius 1 is 1.48 bits per heavy atom. The molecule has 21 heavy (non-hydrogen) atoms. The number of ether oxygens (including phenoxy) is 1. The van der Waals surface area contributed by atoms with Crippen LogP contribution in [0.15, 0.2) is 18.2 Å². The fourth-order valence-corrected chi connectivity index (χ4v) is 2.69. The molecule has 0 saturated carbocycles. The Morgan fingerprint density at radius 3 is 2.76 bits per heavy atom. The van der Waals surface area contributed by atoms with Crippen LogP contribution in [-0.4, -0.2) is 55.3 Å². The molecular formula is C15H21FN2O3. The largest absolute Gasteiger partial charge is 0.494 e. The summed E-state index contributed by atoms with van der Waals surface area (Å²) < 4.78 is 18.6. The van der Waals surface area contributed by atoms with E-state index in [1.54, 1.807) is 12.1 Å². The molecular weight excluding hydrogens is 275 g/mol. The molecule has 6 heteroatoms. The zero-order valence-electron chi connectivity index (χ0n) is 12.1. The molecule has 0 aliphatic carbocycles. The van der Waals surface area contributed by atoms with Gasteiger partial charge in [-0.25, -0.2) is 4.39 Å². The fraction of sp³-hybridized carbons (Fsp3) is 0.533. The summed E-state index contributed by atoms with van der Waals surface area (Å²) in [6.45, 7) is 3.34. The van der Waals surface area contributed by atoms with E-state index < -0.39 is 11.8 Å². The highest BCUT2D eigenvalue weighted by atomic mass is 19.1. The van der Waals surface area contributed by atoms with Gasteiger partial charge in [0.05, 0.1) is 13.5 Å². The second kappa shape index (κ2) is 7.38. The quantitative estimate of drug-likeness (QED) is 0.824. The molecule has 0 aromatic heterocycles. The third-order valence-electron chi connectivity index (χ3n) is 3.77. The molecule has 1 aliphatic rings. The first-order valence-electron chi connectivity index (χ1n) is 7.09. The van der Waals surface area contributed by atoms with E-state index in [-0.39, 0.29) is 18.2 Å². The van der Waals surface area contributed by atoms with Gasteiger partial charge in [0.2, 0.25) is 0 Å². The van der Waals surface area contributed by atoms with E-state index in [4.69, 9.17) is 9.84 Å². The number of rotatable bonds is 6. The Morgan fingerprint density at radius 2 is 2.19 bits per heavy atom. The normalized spacial score (nSPS) is 17.4. The second-order valence-corrected chi connectivity index (χ2v) is 5.21. The monoisotopic (exact) mass is 296 g/mol. The van der Waals surface area contributed by atoms with Crippen molar-refractivity contribution in [2.75, 3.05) is 33.3 Å². The number of piperazine rings is 1. The van der Waals surface area contributed by atoms with E-state index in [0.717, 1.165) is 31.7 Å². The molecule has 0 radical (unpaired) electrons. The smallest absolute Gasteiger partial charge is 0.304 e. The van der Waals surface area contributed by atoms with Crippen LogP contribution in [-0.2, 0) is 11.2 Å². The number of halogens is 1. The topological polar surface area (TPSA) is 61.8 Å². The van der Waals surface area contributed by atoms with Gasteiger partial charge in [-0.15, -0.1) is 0 Å². The van der Waals surface area contributed by atoms with Crippen LogP contribution in [0.1, 0.15) is 12.0 Å². The lowest BCUT2D eigenvalue weighted by Crippen LogP contribution is -2.49. The van der Waals surface area contributed by atoms with Crippen LogP contribution in [0.5, 0.6) is 5.75 Å². The summed E-state index contributed by atoms with van der Waals surface area (Å²) in [7, 11) is 1.42. The summed E-state index contributed by atoms with van der Waals surface area (Å²) in [5, 5.41) is 12.3. The Hall–Kier alpha value is -1.66. The molecule has 2 N–H and O–H groups in total. The van der Waals surface area contributed by atoms with Gasteiger partial charge < -0.3 is 15.2 Å². The first-order valence-corrected chi connectivity index (χ1v) is 7.09. The lowest BCUT2D eigenvalue weighted by molar-refractivity contribution is -0.138. The molecule has 1 aromatic carbocycles. The summed E-state index contributed by atoms with van der Waals surface area (Å²) in [6, 6.07) is 4.69. The second-order valence-electron chi connectivity index (χ2n) is 5.21. The Kier molecular flexibility index (Phi) is 5.52. The van der Waals surface area contributed by atoms with Crippen molar-refractivity contribution in [1.82, 2.24) is 10.2 Å². The van der Waals surface area contributed by atoms with Crippen molar-refractivity contribution < 1.29 is 19.0 Å². The number of carboxylic acid groups (broad SMARTS) is 1. The fourth-order valence-electron chi connectivity index (χ4n) is 2.69. The number of benzene rings is 1. The van der Waals surface area contributed by atoms with Gasteiger partial charge in [0.15, 0.2) is 11.6 Å². The maximum Gasteiger partial charge on any atom is 0.304 e. The molecule has 0 bridgehead atoms. The molecule has 1 saturated heterocycles. The molecule has 1 unspecified atom stereocenters. The predicted octanol–water partition coefficient (Wildman–Crippen LogP) is 1.13. The van der Waals surface area contributed by atoms with Gasteiger partial charge in [0.25, 0.3) is 0 Å². The first-order chi connectivity index (χ1) is 10.1. The van der Waals surface area contributed by atoms with Gasteiger partial charge in [0.1, 0.15) is 0 Å². The van der Waals surface area contributed by atoms with E-state index in [0.29, 0.717) is 6.42 Å². The molecule has 1 fully saturated rings. The Bertz CT molecular complexity index is 490. The molecule has 2 rings (SSSR count). The maximum absolute atomic E-state index is 13.7. The van der Waals surface area contributed by atoms with Gasteiger partial charge in [-0.2, -0.15) is 0 Å². The molecule has 1 aromatic rings. The van der Waals surface area contributed by atoms with Crippen LogP contribution in [0.3, 0.4) is 0 Å². The van der Waals surface area contributed by atoms with Crippen molar-refractivity contribution in [3.8, 4) is 5.75 Å². The molecule has 0 amide bonds. The number of nitrogens with zero attached hydrogens (tertiary/aromatic N) is 1. The van der Waals surface area contributed by atoms with Crippen LogP contribution in [0.4, 0.5) is 4.39 Å². The number of nitrogens with one attached hydrogen (secondary N) is 1. The summed E-state index contributed by atoms with van der Waals surface area (Å²) in [6.07, 6.45) is 0.584. The highest BCUT2D eigenvalue weighted by Gasteiger charge is 2.23. The van der Waals surface area contributed by atoms with Crippen LogP contribution in [0, 0.1) is 5.82 Å². The Labute approximate surface area is 123 Å². The Balaban J connectivity index is 2.09. The minimum absolute atomic E-state index is 0.0631. The van der Waals surface area contributed by atoms with Crippen LogP contribution < -0.4 is 10.1 Å². The standard InChI is InChI=1S/C15H21FN2O3/c1-21-14-3-2-11(9-13(14)16)8-12(10-15(19)20)18-6-4-17-5-7-18/h2-3,9,12,17H,4-8,10H2,1H3,(H,19,20). The van der Waals surface area contributed by atoms with Gasteiger partial charge in [-0.3, -0.25) is 9.69 Å². The van der Waals surface area contributed by atoms with Crippen LogP contribution >= 0.6 is 0 Å². The lowest BCUT2D eigenvalue weighted by atomic mass is 10.0. The number of hydrogen-bond acceptors (Lipinski definition) is 4. The minimum atomic E-state index is -0.826. The third kappa shape index (κ3) is 4.41. The molecule has 1 aliphatic heterocycles. The maximum atomic E-state index is 13.7. The number of carbonyl (C=O) groups is 1. The highest BCUT2D eigenvalue weighted by Crippen LogP contribution is 2.20. The summed E-state index contributed by atoms with van der Waals surface area (Å²) in [5.74, 6) is -1.03. The number of hydrogen-bond donors (Lipinski definition) is 2. The SMILES string of the molecule is COc1ccc(CC(CC(=O)O)N2CCNCC2)cc1F. The van der Waals surface area contributed by atoms with Crippen molar-refractivity contribution in [3.05, 3.63) is 29.6 Å². The van der Waals surface area contributed by atoms with Crippen molar-refractivity contribution in [1.29, 1.82) is 0 Å². The van der Waals surface area contributed by atoms with Crippen LogP contribution in [0.25, 0.3) is 0 Å². The lowest BCUT2D eigenvalue weighted by Gasteiger charge is -2.34. The molecule has 116 valence electrons. The summed E-state index contributed by atoms with van der Waals surface area (Å²) in [5.41, 5.74) is 0.790. The van der Waals surface area contributed by atoms with Crippen molar-refractivity contribution in [2.24, 2.45) is 0 Å².